The standard InChI is InChI=1S/C23H20FN3O4S/c1-25-32(30,31)18-10-11-20(24)19(14-18)22(28)26-17-8-6-16(7-9-17)23(29)27-13-12-15-4-2-3-5-21(15)27/h2-11,14,25H,12-13H2,1H3,(H,26,28). The maximum Gasteiger partial charge on any atom is 0.258 e. The maximum atomic E-state index is 14.2. The van der Waals surface area contributed by atoms with Gasteiger partial charge in [0.25, 0.3) is 11.8 Å². The molecule has 1 heterocycles. The molecule has 2 N–H and O–H groups in total. The summed E-state index contributed by atoms with van der Waals surface area (Å²) in [6.07, 6.45) is 0.796. The van der Waals surface area contributed by atoms with Gasteiger partial charge in [-0.2, -0.15) is 0 Å². The Morgan fingerprint density at radius 2 is 1.72 bits per heavy atom. The molecule has 0 saturated carbocycles. The van der Waals surface area contributed by atoms with Crippen LogP contribution in [0.5, 0.6) is 0 Å². The summed E-state index contributed by atoms with van der Waals surface area (Å²) in [5, 5.41) is 2.53. The zero-order chi connectivity index (χ0) is 22.9. The van der Waals surface area contributed by atoms with Crippen LogP contribution in [0, 0.1) is 5.82 Å². The second-order valence-electron chi connectivity index (χ2n) is 7.22. The number of benzene rings is 3. The second kappa shape index (κ2) is 8.52. The predicted octanol–water partition coefficient (Wildman–Crippen LogP) is 3.19. The fourth-order valence-corrected chi connectivity index (χ4v) is 4.32. The fraction of sp³-hybridized carbons (Fsp3) is 0.130. The molecule has 3 aromatic carbocycles. The van der Waals surface area contributed by atoms with Crippen molar-refractivity contribution in [1.29, 1.82) is 0 Å². The minimum absolute atomic E-state index is 0.149. The van der Waals surface area contributed by atoms with Crippen molar-refractivity contribution in [2.45, 2.75) is 11.3 Å². The van der Waals surface area contributed by atoms with Gasteiger partial charge in [-0.25, -0.2) is 17.5 Å². The van der Waals surface area contributed by atoms with Gasteiger partial charge >= 0.3 is 0 Å². The van der Waals surface area contributed by atoms with E-state index in [1.165, 1.54) is 7.05 Å². The Morgan fingerprint density at radius 3 is 2.44 bits per heavy atom. The average Bonchev–Trinajstić information content (AvgIpc) is 3.23. The van der Waals surface area contributed by atoms with Crippen molar-refractivity contribution >= 4 is 33.2 Å². The van der Waals surface area contributed by atoms with E-state index in [1.54, 1.807) is 29.2 Å². The van der Waals surface area contributed by atoms with Gasteiger partial charge in [0.15, 0.2) is 0 Å². The van der Waals surface area contributed by atoms with E-state index in [4.69, 9.17) is 0 Å². The number of rotatable bonds is 5. The third-order valence-corrected chi connectivity index (χ3v) is 6.70. The number of fused-ring (bicyclic) bond motifs is 1. The SMILES string of the molecule is CNS(=O)(=O)c1ccc(F)c(C(=O)Nc2ccc(C(=O)N3CCc4ccccc43)cc2)c1. The molecule has 0 bridgehead atoms. The Hall–Kier alpha value is -3.56. The van der Waals surface area contributed by atoms with Crippen LogP contribution in [0.15, 0.2) is 71.6 Å². The van der Waals surface area contributed by atoms with Crippen LogP contribution in [0.4, 0.5) is 15.8 Å². The van der Waals surface area contributed by atoms with E-state index < -0.39 is 27.3 Å². The van der Waals surface area contributed by atoms with Crippen molar-refractivity contribution in [3.8, 4) is 0 Å². The number of anilines is 2. The number of nitrogens with one attached hydrogen (secondary N) is 2. The van der Waals surface area contributed by atoms with Gasteiger partial charge in [-0.05, 0) is 67.6 Å². The normalized spacial score (nSPS) is 13.0. The molecule has 0 atom stereocenters. The van der Waals surface area contributed by atoms with E-state index in [9.17, 15) is 22.4 Å². The van der Waals surface area contributed by atoms with E-state index in [2.05, 4.69) is 10.0 Å². The van der Waals surface area contributed by atoms with Crippen LogP contribution in [0.25, 0.3) is 0 Å². The number of carbonyl (C=O) groups is 2. The van der Waals surface area contributed by atoms with E-state index in [1.807, 2.05) is 24.3 Å². The number of amides is 2. The van der Waals surface area contributed by atoms with Crippen LogP contribution >= 0.6 is 0 Å². The van der Waals surface area contributed by atoms with Crippen molar-refractivity contribution in [2.75, 3.05) is 23.8 Å². The molecule has 1 aliphatic heterocycles. The summed E-state index contributed by atoms with van der Waals surface area (Å²) in [4.78, 5) is 26.9. The van der Waals surface area contributed by atoms with Gasteiger partial charge in [-0.3, -0.25) is 9.59 Å². The van der Waals surface area contributed by atoms with E-state index in [0.717, 1.165) is 35.9 Å². The molecule has 2 amide bonds. The molecule has 7 nitrogen and oxygen atoms in total. The molecule has 0 aliphatic carbocycles. The predicted molar refractivity (Wildman–Crippen MR) is 119 cm³/mol. The molecule has 0 spiro atoms. The van der Waals surface area contributed by atoms with E-state index >= 15 is 0 Å². The lowest BCUT2D eigenvalue weighted by Crippen LogP contribution is -2.28. The molecule has 0 unspecified atom stereocenters. The first-order chi connectivity index (χ1) is 15.3. The lowest BCUT2D eigenvalue weighted by atomic mass is 10.1. The van der Waals surface area contributed by atoms with Crippen molar-refractivity contribution in [3.05, 3.63) is 89.2 Å². The van der Waals surface area contributed by atoms with Gasteiger partial charge in [0.05, 0.1) is 10.5 Å². The molecule has 0 fully saturated rings. The molecule has 164 valence electrons. The number of hydrogen-bond acceptors (Lipinski definition) is 4. The highest BCUT2D eigenvalue weighted by Gasteiger charge is 2.25. The number of carbonyl (C=O) groups excluding carboxylic acids is 2. The summed E-state index contributed by atoms with van der Waals surface area (Å²) in [7, 11) is -2.60. The highest BCUT2D eigenvalue weighted by Crippen LogP contribution is 2.29. The number of hydrogen-bond donors (Lipinski definition) is 2. The summed E-state index contributed by atoms with van der Waals surface area (Å²) in [5.74, 6) is -1.80. The number of sulfonamides is 1. The van der Waals surface area contributed by atoms with Crippen molar-refractivity contribution in [3.63, 3.8) is 0 Å². The monoisotopic (exact) mass is 453 g/mol. The van der Waals surface area contributed by atoms with Crippen LogP contribution in [0.1, 0.15) is 26.3 Å². The smallest absolute Gasteiger partial charge is 0.258 e. The summed E-state index contributed by atoms with van der Waals surface area (Å²) < 4.78 is 40.1. The van der Waals surface area contributed by atoms with E-state index in [-0.39, 0.29) is 10.8 Å². The second-order valence-corrected chi connectivity index (χ2v) is 9.10. The van der Waals surface area contributed by atoms with Crippen LogP contribution in [0.2, 0.25) is 0 Å². The summed E-state index contributed by atoms with van der Waals surface area (Å²) in [6.45, 7) is 0.599. The summed E-state index contributed by atoms with van der Waals surface area (Å²) in [6, 6.07) is 17.0. The molecule has 3 aromatic rings. The minimum atomic E-state index is -3.83. The van der Waals surface area contributed by atoms with Crippen molar-refractivity contribution < 1.29 is 22.4 Å². The Bertz CT molecular complexity index is 1310. The number of halogens is 1. The largest absolute Gasteiger partial charge is 0.322 e. The van der Waals surface area contributed by atoms with Crippen LogP contribution in [0.3, 0.4) is 0 Å². The van der Waals surface area contributed by atoms with Gasteiger partial charge in [-0.1, -0.05) is 18.2 Å². The summed E-state index contributed by atoms with van der Waals surface area (Å²) >= 11 is 0. The number of nitrogens with zero attached hydrogens (tertiary/aromatic N) is 1. The van der Waals surface area contributed by atoms with Gasteiger partial charge in [0.1, 0.15) is 5.82 Å². The first kappa shape index (κ1) is 21.7. The third-order valence-electron chi connectivity index (χ3n) is 5.28. The molecule has 4 rings (SSSR count). The quantitative estimate of drug-likeness (QED) is 0.620. The topological polar surface area (TPSA) is 95.6 Å². The molecule has 0 saturated heterocycles. The molecule has 0 radical (unpaired) electrons. The maximum absolute atomic E-state index is 14.2. The molecule has 32 heavy (non-hydrogen) atoms. The molecular weight excluding hydrogens is 433 g/mol. The molecular formula is C23H20FN3O4S. The van der Waals surface area contributed by atoms with E-state index in [0.29, 0.717) is 17.8 Å². The third kappa shape index (κ3) is 4.12. The lowest BCUT2D eigenvalue weighted by molar-refractivity contribution is 0.0988. The first-order valence-electron chi connectivity index (χ1n) is 9.84. The fourth-order valence-electron chi connectivity index (χ4n) is 3.56. The minimum Gasteiger partial charge on any atom is -0.322 e. The highest BCUT2D eigenvalue weighted by molar-refractivity contribution is 7.89. The molecule has 1 aliphatic rings. The Kier molecular flexibility index (Phi) is 5.77. The molecule has 0 aromatic heterocycles. The first-order valence-corrected chi connectivity index (χ1v) is 11.3. The zero-order valence-electron chi connectivity index (χ0n) is 17.1. The zero-order valence-corrected chi connectivity index (χ0v) is 17.9. The van der Waals surface area contributed by atoms with Crippen molar-refractivity contribution in [2.24, 2.45) is 0 Å². The van der Waals surface area contributed by atoms with Crippen LogP contribution in [-0.4, -0.2) is 33.8 Å². The summed E-state index contributed by atoms with van der Waals surface area (Å²) in [5.41, 5.74) is 2.40. The Balaban J connectivity index is 1.51. The van der Waals surface area contributed by atoms with Gasteiger partial charge < -0.3 is 10.2 Å². The van der Waals surface area contributed by atoms with Gasteiger partial charge in [0, 0.05) is 23.5 Å². The lowest BCUT2D eigenvalue weighted by Gasteiger charge is -2.17. The van der Waals surface area contributed by atoms with Gasteiger partial charge in [-0.15, -0.1) is 0 Å². The Morgan fingerprint density at radius 1 is 1.00 bits per heavy atom. The average molecular weight is 453 g/mol. The van der Waals surface area contributed by atoms with Crippen LogP contribution < -0.4 is 14.9 Å². The highest BCUT2D eigenvalue weighted by atomic mass is 32.2. The Labute approximate surface area is 184 Å². The van der Waals surface area contributed by atoms with Crippen molar-refractivity contribution in [1.82, 2.24) is 4.72 Å². The number of para-hydroxylation sites is 1. The molecule has 9 heteroatoms. The van der Waals surface area contributed by atoms with Crippen LogP contribution in [-0.2, 0) is 16.4 Å². The van der Waals surface area contributed by atoms with Gasteiger partial charge in [0.2, 0.25) is 10.0 Å².